The summed E-state index contributed by atoms with van der Waals surface area (Å²) in [7, 11) is 1.53. The largest absolute Gasteiger partial charge is 0.497 e. The molecule has 1 aromatic heterocycles. The highest BCUT2D eigenvalue weighted by Gasteiger charge is 2.18. The zero-order valence-corrected chi connectivity index (χ0v) is 16.8. The highest BCUT2D eigenvalue weighted by molar-refractivity contribution is 6.06. The minimum Gasteiger partial charge on any atom is -0.497 e. The SMILES string of the molecule is COc1ccc(-c2ccc(C(=O)O)o2)c(NC(=O)c2ccc(C(C)(C)C)cc2)c1. The lowest BCUT2D eigenvalue weighted by Gasteiger charge is -2.19. The van der Waals surface area contributed by atoms with E-state index < -0.39 is 5.97 Å². The molecule has 150 valence electrons. The fraction of sp³-hybridized carbons (Fsp3) is 0.217. The number of carbonyl (C=O) groups is 2. The molecule has 0 atom stereocenters. The molecule has 0 radical (unpaired) electrons. The summed E-state index contributed by atoms with van der Waals surface area (Å²) in [6.45, 7) is 6.33. The molecule has 0 aliphatic heterocycles. The van der Waals surface area contributed by atoms with Crippen LogP contribution in [0.4, 0.5) is 5.69 Å². The number of methoxy groups -OCH3 is 1. The molecule has 1 heterocycles. The number of aromatic carboxylic acids is 1. The topological polar surface area (TPSA) is 88.8 Å². The highest BCUT2D eigenvalue weighted by atomic mass is 16.5. The van der Waals surface area contributed by atoms with E-state index >= 15 is 0 Å². The van der Waals surface area contributed by atoms with Crippen LogP contribution >= 0.6 is 0 Å². The molecule has 6 nitrogen and oxygen atoms in total. The normalized spacial score (nSPS) is 11.2. The van der Waals surface area contributed by atoms with Crippen LogP contribution in [0, 0.1) is 0 Å². The van der Waals surface area contributed by atoms with Crippen molar-refractivity contribution in [1.82, 2.24) is 0 Å². The van der Waals surface area contributed by atoms with Crippen LogP contribution in [0.3, 0.4) is 0 Å². The Balaban J connectivity index is 1.92. The third-order valence-electron chi connectivity index (χ3n) is 4.57. The van der Waals surface area contributed by atoms with E-state index in [-0.39, 0.29) is 17.1 Å². The Labute approximate surface area is 169 Å². The second kappa shape index (κ2) is 7.83. The number of hydrogen-bond acceptors (Lipinski definition) is 4. The molecule has 0 bridgehead atoms. The molecule has 2 N–H and O–H groups in total. The summed E-state index contributed by atoms with van der Waals surface area (Å²) in [4.78, 5) is 23.9. The molecule has 0 saturated carbocycles. The molecule has 2 aromatic carbocycles. The van der Waals surface area contributed by atoms with Crippen molar-refractivity contribution in [3.63, 3.8) is 0 Å². The van der Waals surface area contributed by atoms with Gasteiger partial charge in [0.15, 0.2) is 0 Å². The van der Waals surface area contributed by atoms with E-state index in [0.29, 0.717) is 28.3 Å². The summed E-state index contributed by atoms with van der Waals surface area (Å²) in [5.41, 5.74) is 2.65. The average Bonchev–Trinajstić information content (AvgIpc) is 3.17. The second-order valence-electron chi connectivity index (χ2n) is 7.66. The number of rotatable bonds is 5. The van der Waals surface area contributed by atoms with Crippen LogP contribution in [0.2, 0.25) is 0 Å². The van der Waals surface area contributed by atoms with Crippen molar-refractivity contribution >= 4 is 17.6 Å². The average molecular weight is 393 g/mol. The number of amides is 1. The number of hydrogen-bond donors (Lipinski definition) is 2. The highest BCUT2D eigenvalue weighted by Crippen LogP contribution is 2.33. The van der Waals surface area contributed by atoms with Gasteiger partial charge in [-0.05, 0) is 47.4 Å². The molecule has 0 saturated heterocycles. The Morgan fingerprint density at radius 2 is 1.69 bits per heavy atom. The monoisotopic (exact) mass is 393 g/mol. The maximum absolute atomic E-state index is 12.8. The van der Waals surface area contributed by atoms with Crippen LogP contribution in [0.25, 0.3) is 11.3 Å². The molecule has 3 aromatic rings. The van der Waals surface area contributed by atoms with Gasteiger partial charge < -0.3 is 19.6 Å². The number of carbonyl (C=O) groups excluding carboxylic acids is 1. The van der Waals surface area contributed by atoms with E-state index in [2.05, 4.69) is 26.1 Å². The predicted octanol–water partition coefficient (Wildman–Crippen LogP) is 5.20. The first-order valence-electron chi connectivity index (χ1n) is 9.12. The van der Waals surface area contributed by atoms with Crippen LogP contribution in [-0.2, 0) is 5.41 Å². The van der Waals surface area contributed by atoms with Crippen LogP contribution in [0.15, 0.2) is 59.0 Å². The van der Waals surface area contributed by atoms with Crippen LogP contribution in [0.1, 0.15) is 47.2 Å². The van der Waals surface area contributed by atoms with Crippen LogP contribution in [-0.4, -0.2) is 24.1 Å². The summed E-state index contributed by atoms with van der Waals surface area (Å²) in [6.07, 6.45) is 0. The van der Waals surface area contributed by atoms with Crippen molar-refractivity contribution in [3.8, 4) is 17.1 Å². The van der Waals surface area contributed by atoms with E-state index in [0.717, 1.165) is 5.56 Å². The van der Waals surface area contributed by atoms with Crippen LogP contribution < -0.4 is 10.1 Å². The van der Waals surface area contributed by atoms with Crippen molar-refractivity contribution in [3.05, 3.63) is 71.5 Å². The molecular formula is C23H23NO5. The minimum absolute atomic E-state index is 0.00386. The fourth-order valence-corrected chi connectivity index (χ4v) is 2.88. The first kappa shape index (κ1) is 20.2. The van der Waals surface area contributed by atoms with Gasteiger partial charge in [-0.3, -0.25) is 4.79 Å². The number of furan rings is 1. The number of benzene rings is 2. The summed E-state index contributed by atoms with van der Waals surface area (Å²) in [5, 5.41) is 12.0. The standard InChI is InChI=1S/C23H23NO5/c1-23(2,3)15-7-5-14(6-8-15)21(25)24-18-13-16(28-4)9-10-17(18)19-11-12-20(29-19)22(26)27/h5-13H,1-4H3,(H,24,25)(H,26,27). The van der Waals surface area contributed by atoms with Gasteiger partial charge in [-0.15, -0.1) is 0 Å². The zero-order valence-electron chi connectivity index (χ0n) is 16.8. The van der Waals surface area contributed by atoms with Gasteiger partial charge in [-0.25, -0.2) is 4.79 Å². The summed E-state index contributed by atoms with van der Waals surface area (Å²) in [6, 6.07) is 15.5. The summed E-state index contributed by atoms with van der Waals surface area (Å²) < 4.78 is 10.6. The molecule has 0 aliphatic carbocycles. The molecule has 3 rings (SSSR count). The third kappa shape index (κ3) is 4.48. The second-order valence-corrected chi connectivity index (χ2v) is 7.66. The fourth-order valence-electron chi connectivity index (χ4n) is 2.88. The number of carboxylic acids is 1. The Bertz CT molecular complexity index is 1040. The van der Waals surface area contributed by atoms with Crippen LogP contribution in [0.5, 0.6) is 5.75 Å². The number of anilines is 1. The number of ether oxygens (including phenoxy) is 1. The first-order chi connectivity index (χ1) is 13.7. The van der Waals surface area contributed by atoms with Crippen molar-refractivity contribution in [2.45, 2.75) is 26.2 Å². The molecular weight excluding hydrogens is 370 g/mol. The number of carboxylic acid groups (broad SMARTS) is 1. The molecule has 0 spiro atoms. The maximum atomic E-state index is 12.8. The first-order valence-corrected chi connectivity index (χ1v) is 9.12. The predicted molar refractivity (Wildman–Crippen MR) is 111 cm³/mol. The molecule has 29 heavy (non-hydrogen) atoms. The molecule has 0 fully saturated rings. The van der Waals surface area contributed by atoms with E-state index in [1.165, 1.54) is 13.2 Å². The van der Waals surface area contributed by atoms with Gasteiger partial charge >= 0.3 is 5.97 Å². The third-order valence-corrected chi connectivity index (χ3v) is 4.57. The number of nitrogens with one attached hydrogen (secondary N) is 1. The van der Waals surface area contributed by atoms with Crippen molar-refractivity contribution in [1.29, 1.82) is 0 Å². The van der Waals surface area contributed by atoms with Crippen molar-refractivity contribution in [2.75, 3.05) is 12.4 Å². The quantitative estimate of drug-likeness (QED) is 0.622. The molecule has 1 amide bonds. The molecule has 0 unspecified atom stereocenters. The molecule has 6 heteroatoms. The van der Waals surface area contributed by atoms with Gasteiger partial charge in [0.25, 0.3) is 5.91 Å². The van der Waals surface area contributed by atoms with Gasteiger partial charge in [0.1, 0.15) is 11.5 Å². The Morgan fingerprint density at radius 3 is 2.24 bits per heavy atom. The Hall–Kier alpha value is -3.54. The van der Waals surface area contributed by atoms with Gasteiger partial charge in [0, 0.05) is 17.2 Å². The maximum Gasteiger partial charge on any atom is 0.371 e. The lowest BCUT2D eigenvalue weighted by atomic mass is 9.86. The van der Waals surface area contributed by atoms with Crippen molar-refractivity contribution < 1.29 is 23.8 Å². The lowest BCUT2D eigenvalue weighted by molar-refractivity contribution is 0.0663. The summed E-state index contributed by atoms with van der Waals surface area (Å²) in [5.74, 6) is -0.731. The Kier molecular flexibility index (Phi) is 5.46. The van der Waals surface area contributed by atoms with E-state index in [1.807, 2.05) is 12.1 Å². The van der Waals surface area contributed by atoms with Gasteiger partial charge in [0.2, 0.25) is 5.76 Å². The minimum atomic E-state index is -1.16. The summed E-state index contributed by atoms with van der Waals surface area (Å²) >= 11 is 0. The van der Waals surface area contributed by atoms with E-state index in [9.17, 15) is 9.59 Å². The van der Waals surface area contributed by atoms with Gasteiger partial charge in [0.05, 0.1) is 12.8 Å². The van der Waals surface area contributed by atoms with E-state index in [4.69, 9.17) is 14.3 Å². The smallest absolute Gasteiger partial charge is 0.371 e. The Morgan fingerprint density at radius 1 is 1.00 bits per heavy atom. The van der Waals surface area contributed by atoms with Gasteiger partial charge in [-0.2, -0.15) is 0 Å². The zero-order chi connectivity index (χ0) is 21.2. The van der Waals surface area contributed by atoms with Crippen molar-refractivity contribution in [2.24, 2.45) is 0 Å². The van der Waals surface area contributed by atoms with E-state index in [1.54, 1.807) is 36.4 Å². The molecule has 0 aliphatic rings. The van der Waals surface area contributed by atoms with Gasteiger partial charge in [-0.1, -0.05) is 32.9 Å². The lowest BCUT2D eigenvalue weighted by Crippen LogP contribution is -2.14.